The molecule has 0 spiro atoms. The van der Waals surface area contributed by atoms with E-state index in [9.17, 15) is 14.4 Å². The summed E-state index contributed by atoms with van der Waals surface area (Å²) in [5.41, 5.74) is 1.35. The number of urea groups is 1. The maximum atomic E-state index is 13.1. The molecule has 2 aliphatic rings. The van der Waals surface area contributed by atoms with E-state index in [1.54, 1.807) is 48.4 Å². The molecule has 28 heavy (non-hydrogen) atoms. The molecule has 2 saturated heterocycles. The highest BCUT2D eigenvalue weighted by molar-refractivity contribution is 6.19. The van der Waals surface area contributed by atoms with Gasteiger partial charge in [0.2, 0.25) is 5.91 Å². The van der Waals surface area contributed by atoms with Crippen LogP contribution >= 0.6 is 0 Å². The molecule has 0 saturated carbocycles. The van der Waals surface area contributed by atoms with Crippen molar-refractivity contribution < 1.29 is 19.1 Å². The van der Waals surface area contributed by atoms with Crippen LogP contribution < -0.4 is 15.0 Å². The fraction of sp³-hybridized carbons (Fsp3) is 0.286. The van der Waals surface area contributed by atoms with E-state index in [4.69, 9.17) is 4.74 Å². The maximum absolute atomic E-state index is 13.1. The van der Waals surface area contributed by atoms with Gasteiger partial charge in [0.1, 0.15) is 11.8 Å². The van der Waals surface area contributed by atoms with Gasteiger partial charge in [0.05, 0.1) is 25.3 Å². The van der Waals surface area contributed by atoms with Gasteiger partial charge in [0.15, 0.2) is 0 Å². The van der Waals surface area contributed by atoms with Crippen molar-refractivity contribution >= 4 is 23.5 Å². The number of methoxy groups -OCH3 is 1. The lowest BCUT2D eigenvalue weighted by molar-refractivity contribution is -0.137. The summed E-state index contributed by atoms with van der Waals surface area (Å²) >= 11 is 0. The van der Waals surface area contributed by atoms with Crippen LogP contribution in [0.2, 0.25) is 0 Å². The lowest BCUT2D eigenvalue weighted by atomic mass is 10.0. The third-order valence-electron chi connectivity index (χ3n) is 5.23. The smallest absolute Gasteiger partial charge is 0.329 e. The molecule has 2 atom stereocenters. The van der Waals surface area contributed by atoms with E-state index < -0.39 is 12.1 Å². The third-order valence-corrected chi connectivity index (χ3v) is 5.23. The van der Waals surface area contributed by atoms with E-state index in [1.165, 1.54) is 0 Å². The number of hydrogen-bond donors (Lipinski definition) is 1. The average Bonchev–Trinajstić information content (AvgIpc) is 3.13. The number of hydrogen-bond acceptors (Lipinski definition) is 4. The van der Waals surface area contributed by atoms with E-state index in [0.717, 1.165) is 16.2 Å². The molecule has 2 aromatic carbocycles. The molecule has 2 heterocycles. The molecule has 1 N–H and O–H groups in total. The molecule has 0 aliphatic carbocycles. The number of fused-ring (bicyclic) bond motifs is 1. The van der Waals surface area contributed by atoms with Crippen molar-refractivity contribution in [3.05, 3.63) is 60.2 Å². The Kier molecular flexibility index (Phi) is 4.73. The van der Waals surface area contributed by atoms with Crippen LogP contribution in [-0.2, 0) is 16.0 Å². The molecular formula is C21H21N3O4. The second-order valence-electron chi connectivity index (χ2n) is 6.91. The van der Waals surface area contributed by atoms with Crippen LogP contribution in [0.15, 0.2) is 54.6 Å². The Morgan fingerprint density at radius 3 is 2.50 bits per heavy atom. The highest BCUT2D eigenvalue weighted by Gasteiger charge is 2.49. The molecule has 0 bridgehead atoms. The van der Waals surface area contributed by atoms with Crippen molar-refractivity contribution in [2.45, 2.75) is 24.9 Å². The van der Waals surface area contributed by atoms with Gasteiger partial charge >= 0.3 is 6.03 Å². The zero-order valence-electron chi connectivity index (χ0n) is 15.5. The number of anilines is 1. The van der Waals surface area contributed by atoms with Gasteiger partial charge in [-0.2, -0.15) is 0 Å². The summed E-state index contributed by atoms with van der Waals surface area (Å²) in [6.45, 7) is 0.443. The number of imide groups is 1. The quantitative estimate of drug-likeness (QED) is 0.881. The zero-order valence-corrected chi connectivity index (χ0v) is 15.5. The van der Waals surface area contributed by atoms with Gasteiger partial charge in [-0.15, -0.1) is 0 Å². The fourth-order valence-corrected chi connectivity index (χ4v) is 3.83. The van der Waals surface area contributed by atoms with Crippen LogP contribution in [0, 0.1) is 0 Å². The van der Waals surface area contributed by atoms with Crippen molar-refractivity contribution in [3.8, 4) is 5.75 Å². The number of likely N-dealkylation sites (tertiary alicyclic amines) is 1. The Labute approximate surface area is 162 Å². The van der Waals surface area contributed by atoms with Gasteiger partial charge < -0.3 is 15.0 Å². The first-order valence-corrected chi connectivity index (χ1v) is 9.20. The van der Waals surface area contributed by atoms with Gasteiger partial charge in [-0.3, -0.25) is 9.59 Å². The highest BCUT2D eigenvalue weighted by atomic mass is 16.5. The highest BCUT2D eigenvalue weighted by Crippen LogP contribution is 2.28. The normalized spacial score (nSPS) is 21.3. The maximum Gasteiger partial charge on any atom is 0.329 e. The lowest BCUT2D eigenvalue weighted by Crippen LogP contribution is -2.65. The first kappa shape index (κ1) is 18.0. The molecule has 7 heteroatoms. The van der Waals surface area contributed by atoms with Gasteiger partial charge in [-0.25, -0.2) is 9.69 Å². The van der Waals surface area contributed by atoms with Crippen molar-refractivity contribution in [1.82, 2.24) is 10.2 Å². The first-order valence-electron chi connectivity index (χ1n) is 9.20. The van der Waals surface area contributed by atoms with Crippen LogP contribution in [0.1, 0.15) is 12.0 Å². The van der Waals surface area contributed by atoms with Crippen LogP contribution in [0.4, 0.5) is 10.5 Å². The van der Waals surface area contributed by atoms with Crippen LogP contribution in [-0.4, -0.2) is 48.5 Å². The second kappa shape index (κ2) is 7.34. The van der Waals surface area contributed by atoms with Gasteiger partial charge in [-0.05, 0) is 36.2 Å². The second-order valence-corrected chi connectivity index (χ2v) is 6.91. The first-order chi connectivity index (χ1) is 13.6. The molecule has 144 valence electrons. The summed E-state index contributed by atoms with van der Waals surface area (Å²) in [4.78, 5) is 41.2. The predicted octanol–water partition coefficient (Wildman–Crippen LogP) is 1.96. The van der Waals surface area contributed by atoms with Gasteiger partial charge in [0.25, 0.3) is 5.91 Å². The van der Waals surface area contributed by atoms with Crippen molar-refractivity contribution in [1.29, 1.82) is 0 Å². The van der Waals surface area contributed by atoms with E-state index in [-0.39, 0.29) is 24.3 Å². The van der Waals surface area contributed by atoms with Crippen molar-refractivity contribution in [3.63, 3.8) is 0 Å². The molecule has 2 aliphatic heterocycles. The SMILES string of the molecule is COc1ccc(CC(=O)N2CCC3NC(=O)N(c4ccccc4)C(=O)C32)cc1. The molecule has 7 nitrogen and oxygen atoms in total. The largest absolute Gasteiger partial charge is 0.497 e. The number of nitrogens with zero attached hydrogens (tertiary/aromatic N) is 2. The molecule has 2 unspecified atom stereocenters. The number of amides is 4. The Hall–Kier alpha value is -3.35. The standard InChI is InChI=1S/C21H21N3O4/c1-28-16-9-7-14(8-10-16)13-18(25)23-12-11-17-19(23)20(26)24(21(27)22-17)15-5-3-2-4-6-15/h2-10,17,19H,11-13H2,1H3,(H,22,27). The Morgan fingerprint density at radius 2 is 1.82 bits per heavy atom. The fourth-order valence-electron chi connectivity index (χ4n) is 3.83. The number of para-hydroxylation sites is 1. The van der Waals surface area contributed by atoms with Crippen molar-refractivity contribution in [2.75, 3.05) is 18.6 Å². The summed E-state index contributed by atoms with van der Waals surface area (Å²) in [6, 6.07) is 14.6. The third kappa shape index (κ3) is 3.19. The summed E-state index contributed by atoms with van der Waals surface area (Å²) in [7, 11) is 1.59. The monoisotopic (exact) mass is 379 g/mol. The Morgan fingerprint density at radius 1 is 1.11 bits per heavy atom. The molecular weight excluding hydrogens is 358 g/mol. The van der Waals surface area contributed by atoms with Crippen LogP contribution in [0.3, 0.4) is 0 Å². The molecule has 0 radical (unpaired) electrons. The van der Waals surface area contributed by atoms with Gasteiger partial charge in [-0.1, -0.05) is 30.3 Å². The molecule has 2 fully saturated rings. The summed E-state index contributed by atoms with van der Waals surface area (Å²) < 4.78 is 5.14. The van der Waals surface area contributed by atoms with Crippen molar-refractivity contribution in [2.24, 2.45) is 0 Å². The minimum Gasteiger partial charge on any atom is -0.497 e. The van der Waals surface area contributed by atoms with E-state index in [0.29, 0.717) is 18.7 Å². The van der Waals surface area contributed by atoms with Crippen LogP contribution in [0.25, 0.3) is 0 Å². The number of benzene rings is 2. The predicted molar refractivity (Wildman–Crippen MR) is 103 cm³/mol. The van der Waals surface area contributed by atoms with E-state index >= 15 is 0 Å². The van der Waals surface area contributed by atoms with E-state index in [1.807, 2.05) is 18.2 Å². The van der Waals surface area contributed by atoms with Gasteiger partial charge in [0, 0.05) is 6.54 Å². The number of rotatable bonds is 4. The minimum atomic E-state index is -0.677. The number of carbonyl (C=O) groups excluding carboxylic acids is 3. The average molecular weight is 379 g/mol. The zero-order chi connectivity index (χ0) is 19.7. The molecule has 4 amide bonds. The number of ether oxygens (including phenoxy) is 1. The van der Waals surface area contributed by atoms with E-state index in [2.05, 4.69) is 5.32 Å². The summed E-state index contributed by atoms with van der Waals surface area (Å²) in [5.74, 6) is 0.233. The minimum absolute atomic E-state index is 0.129. The Balaban J connectivity index is 1.54. The summed E-state index contributed by atoms with van der Waals surface area (Å²) in [5, 5.41) is 2.88. The van der Waals surface area contributed by atoms with Crippen LogP contribution in [0.5, 0.6) is 5.75 Å². The number of carbonyl (C=O) groups is 3. The molecule has 4 rings (SSSR count). The lowest BCUT2D eigenvalue weighted by Gasteiger charge is -2.36. The molecule has 0 aromatic heterocycles. The number of nitrogens with one attached hydrogen (secondary N) is 1. The topological polar surface area (TPSA) is 79.0 Å². The Bertz CT molecular complexity index is 898. The summed E-state index contributed by atoms with van der Waals surface area (Å²) in [6.07, 6.45) is 0.763. The molecule has 2 aromatic rings.